The molecule has 0 fully saturated rings. The van der Waals surface area contributed by atoms with Gasteiger partial charge in [0.05, 0.1) is 5.56 Å². The number of carbonyl (C=O) groups is 1. The minimum atomic E-state index is -0.234. The number of hydrogen-bond acceptors (Lipinski definition) is 2. The Hall–Kier alpha value is -1.57. The molecule has 0 N–H and O–H groups in total. The monoisotopic (exact) mass is 244 g/mol. The lowest BCUT2D eigenvalue weighted by Crippen LogP contribution is -2.19. The second kappa shape index (κ2) is 5.85. The van der Waals surface area contributed by atoms with Gasteiger partial charge in [-0.25, -0.2) is 4.79 Å². The summed E-state index contributed by atoms with van der Waals surface area (Å²) in [7, 11) is 0. The first-order chi connectivity index (χ1) is 8.66. The highest BCUT2D eigenvalue weighted by molar-refractivity contribution is 5.89. The highest BCUT2D eigenvalue weighted by Crippen LogP contribution is 2.26. The number of ether oxygens (including phenoxy) is 1. The lowest BCUT2D eigenvalue weighted by Gasteiger charge is -2.23. The molecule has 0 saturated carbocycles. The summed E-state index contributed by atoms with van der Waals surface area (Å²) in [5.74, 6) is 0.522. The van der Waals surface area contributed by atoms with Crippen LogP contribution in [-0.4, -0.2) is 12.1 Å². The summed E-state index contributed by atoms with van der Waals surface area (Å²) in [4.78, 5) is 11.9. The Morgan fingerprint density at radius 3 is 2.67 bits per heavy atom. The van der Waals surface area contributed by atoms with Crippen LogP contribution in [0.25, 0.3) is 0 Å². The minimum Gasteiger partial charge on any atom is -0.455 e. The predicted molar refractivity (Wildman–Crippen MR) is 72.4 cm³/mol. The summed E-state index contributed by atoms with van der Waals surface area (Å²) >= 11 is 0. The van der Waals surface area contributed by atoms with E-state index in [1.165, 1.54) is 12.0 Å². The van der Waals surface area contributed by atoms with Crippen LogP contribution in [0.15, 0.2) is 42.0 Å². The molecule has 1 aliphatic carbocycles. The average molecular weight is 244 g/mol. The first kappa shape index (κ1) is 12.9. The molecule has 2 rings (SSSR count). The molecule has 0 heterocycles. The van der Waals surface area contributed by atoms with Crippen molar-refractivity contribution in [2.75, 3.05) is 0 Å². The maximum absolute atomic E-state index is 11.9. The van der Waals surface area contributed by atoms with Gasteiger partial charge in [0, 0.05) is 0 Å². The molecule has 18 heavy (non-hydrogen) atoms. The Kier molecular flexibility index (Phi) is 4.19. The van der Waals surface area contributed by atoms with Crippen LogP contribution in [0.1, 0.15) is 43.5 Å². The Morgan fingerprint density at radius 1 is 1.33 bits per heavy atom. The first-order valence-electron chi connectivity index (χ1n) is 6.61. The van der Waals surface area contributed by atoms with Gasteiger partial charge >= 0.3 is 5.97 Å². The summed E-state index contributed by atoms with van der Waals surface area (Å²) < 4.78 is 5.50. The van der Waals surface area contributed by atoms with E-state index in [0.717, 1.165) is 18.8 Å². The van der Waals surface area contributed by atoms with Crippen LogP contribution in [0.5, 0.6) is 0 Å². The van der Waals surface area contributed by atoms with E-state index < -0.39 is 0 Å². The molecule has 2 atom stereocenters. The van der Waals surface area contributed by atoms with E-state index in [1.54, 1.807) is 12.1 Å². The van der Waals surface area contributed by atoms with Crippen molar-refractivity contribution in [3.05, 3.63) is 47.5 Å². The third-order valence-electron chi connectivity index (χ3n) is 3.52. The molecule has 2 unspecified atom stereocenters. The van der Waals surface area contributed by atoms with Crippen molar-refractivity contribution in [2.45, 2.75) is 39.2 Å². The standard InChI is InChI=1S/C16H20O2/c1-12-8-10-14(11-9-12)13(2)18-16(17)15-6-4-3-5-7-15/h3-7,10,12-13H,8-9,11H2,1-2H3. The Bertz CT molecular complexity index is 434. The number of benzene rings is 1. The highest BCUT2D eigenvalue weighted by atomic mass is 16.5. The van der Waals surface area contributed by atoms with Crippen molar-refractivity contribution < 1.29 is 9.53 Å². The fourth-order valence-electron chi connectivity index (χ4n) is 2.23. The van der Waals surface area contributed by atoms with Crippen molar-refractivity contribution in [3.63, 3.8) is 0 Å². The minimum absolute atomic E-state index is 0.106. The molecule has 2 heteroatoms. The van der Waals surface area contributed by atoms with Crippen LogP contribution >= 0.6 is 0 Å². The summed E-state index contributed by atoms with van der Waals surface area (Å²) in [6.07, 6.45) is 5.47. The van der Waals surface area contributed by atoms with Crippen molar-refractivity contribution in [3.8, 4) is 0 Å². The van der Waals surface area contributed by atoms with E-state index in [1.807, 2.05) is 25.1 Å². The molecule has 1 aromatic rings. The third-order valence-corrected chi connectivity index (χ3v) is 3.52. The summed E-state index contributed by atoms with van der Waals surface area (Å²) in [6, 6.07) is 9.16. The number of esters is 1. The molecule has 0 amide bonds. The quantitative estimate of drug-likeness (QED) is 0.594. The molecule has 0 saturated heterocycles. The van der Waals surface area contributed by atoms with Gasteiger partial charge in [-0.15, -0.1) is 0 Å². The van der Waals surface area contributed by atoms with E-state index in [9.17, 15) is 4.79 Å². The normalized spacial score (nSPS) is 21.0. The van der Waals surface area contributed by atoms with Crippen LogP contribution in [0.4, 0.5) is 0 Å². The molecule has 0 spiro atoms. The molecule has 96 valence electrons. The van der Waals surface area contributed by atoms with E-state index >= 15 is 0 Å². The fourth-order valence-corrected chi connectivity index (χ4v) is 2.23. The number of hydrogen-bond donors (Lipinski definition) is 0. The number of allylic oxidation sites excluding steroid dienone is 1. The Morgan fingerprint density at radius 2 is 2.06 bits per heavy atom. The fraction of sp³-hybridized carbons (Fsp3) is 0.438. The zero-order chi connectivity index (χ0) is 13.0. The van der Waals surface area contributed by atoms with E-state index in [-0.39, 0.29) is 12.1 Å². The summed E-state index contributed by atoms with van der Waals surface area (Å²) in [5, 5.41) is 0. The van der Waals surface area contributed by atoms with Crippen molar-refractivity contribution in [1.29, 1.82) is 0 Å². The van der Waals surface area contributed by atoms with Crippen LogP contribution in [0, 0.1) is 5.92 Å². The molecule has 1 aromatic carbocycles. The Balaban J connectivity index is 1.96. The molecule has 1 aliphatic rings. The van der Waals surface area contributed by atoms with Gasteiger partial charge in [-0.2, -0.15) is 0 Å². The second-order valence-electron chi connectivity index (χ2n) is 5.07. The lowest BCUT2D eigenvalue weighted by atomic mass is 9.89. The van der Waals surface area contributed by atoms with E-state index in [0.29, 0.717) is 5.56 Å². The maximum Gasteiger partial charge on any atom is 0.338 e. The smallest absolute Gasteiger partial charge is 0.338 e. The average Bonchev–Trinajstić information content (AvgIpc) is 2.40. The molecular formula is C16H20O2. The van der Waals surface area contributed by atoms with Crippen molar-refractivity contribution in [2.24, 2.45) is 5.92 Å². The van der Waals surface area contributed by atoms with Crippen LogP contribution in [0.2, 0.25) is 0 Å². The van der Waals surface area contributed by atoms with Gasteiger partial charge in [0.1, 0.15) is 6.10 Å². The SMILES string of the molecule is CC1CC=C(C(C)OC(=O)c2ccccc2)CC1. The topological polar surface area (TPSA) is 26.3 Å². The molecule has 0 radical (unpaired) electrons. The first-order valence-corrected chi connectivity index (χ1v) is 6.61. The number of carbonyl (C=O) groups excluding carboxylic acids is 1. The largest absolute Gasteiger partial charge is 0.455 e. The van der Waals surface area contributed by atoms with Gasteiger partial charge in [-0.05, 0) is 49.8 Å². The molecule has 0 bridgehead atoms. The molecule has 0 aromatic heterocycles. The maximum atomic E-state index is 11.9. The predicted octanol–water partition coefficient (Wildman–Crippen LogP) is 3.98. The van der Waals surface area contributed by atoms with Crippen molar-refractivity contribution in [1.82, 2.24) is 0 Å². The zero-order valence-corrected chi connectivity index (χ0v) is 11.1. The molecule has 2 nitrogen and oxygen atoms in total. The van der Waals surface area contributed by atoms with Gasteiger partial charge < -0.3 is 4.74 Å². The summed E-state index contributed by atoms with van der Waals surface area (Å²) in [5.41, 5.74) is 1.88. The van der Waals surface area contributed by atoms with Gasteiger partial charge in [0.25, 0.3) is 0 Å². The molecular weight excluding hydrogens is 224 g/mol. The molecule has 0 aliphatic heterocycles. The Labute approximate surface area is 109 Å². The van der Waals surface area contributed by atoms with E-state index in [4.69, 9.17) is 4.74 Å². The van der Waals surface area contributed by atoms with E-state index in [2.05, 4.69) is 13.0 Å². The van der Waals surface area contributed by atoms with Gasteiger partial charge in [0.15, 0.2) is 0 Å². The zero-order valence-electron chi connectivity index (χ0n) is 11.1. The second-order valence-corrected chi connectivity index (χ2v) is 5.07. The lowest BCUT2D eigenvalue weighted by molar-refractivity contribution is 0.0397. The van der Waals surface area contributed by atoms with Crippen LogP contribution in [-0.2, 0) is 4.74 Å². The van der Waals surface area contributed by atoms with Crippen molar-refractivity contribution >= 4 is 5.97 Å². The van der Waals surface area contributed by atoms with Gasteiger partial charge in [-0.1, -0.05) is 31.2 Å². The van der Waals surface area contributed by atoms with Gasteiger partial charge in [0.2, 0.25) is 0 Å². The van der Waals surface area contributed by atoms with Crippen LogP contribution < -0.4 is 0 Å². The summed E-state index contributed by atoms with van der Waals surface area (Å²) in [6.45, 7) is 4.22. The number of rotatable bonds is 3. The third kappa shape index (κ3) is 3.22. The van der Waals surface area contributed by atoms with Crippen LogP contribution in [0.3, 0.4) is 0 Å². The highest BCUT2D eigenvalue weighted by Gasteiger charge is 2.18. The van der Waals surface area contributed by atoms with Gasteiger partial charge in [-0.3, -0.25) is 0 Å².